The summed E-state index contributed by atoms with van der Waals surface area (Å²) in [5.74, 6) is -1.27. The van der Waals surface area contributed by atoms with Gasteiger partial charge >= 0.3 is 0 Å². The molecule has 0 radical (unpaired) electrons. The highest BCUT2D eigenvalue weighted by Gasteiger charge is 2.17. The molecule has 0 heterocycles. The molecule has 92 valence electrons. The van der Waals surface area contributed by atoms with Crippen LogP contribution in [-0.4, -0.2) is 20.2 Å². The number of halogens is 1. The van der Waals surface area contributed by atoms with Crippen LogP contribution in [0.25, 0.3) is 0 Å². The third kappa shape index (κ3) is 4.13. The van der Waals surface area contributed by atoms with Gasteiger partial charge in [0.15, 0.2) is 9.84 Å². The molecule has 2 N–H and O–H groups in total. The molecular formula is C11H13FN2O2S. The quantitative estimate of drug-likeness (QED) is 0.869. The van der Waals surface area contributed by atoms with Crippen molar-refractivity contribution in [3.8, 4) is 6.07 Å². The summed E-state index contributed by atoms with van der Waals surface area (Å²) in [5, 5.41) is 8.55. The number of nitrogens with zero attached hydrogens (tertiary/aromatic N) is 1. The Hall–Kier alpha value is -1.45. The largest absolute Gasteiger partial charge is 0.327 e. The Bertz CT molecular complexity index is 547. The van der Waals surface area contributed by atoms with Crippen molar-refractivity contribution in [2.45, 2.75) is 18.7 Å². The van der Waals surface area contributed by atoms with Crippen LogP contribution in [0.3, 0.4) is 0 Å². The van der Waals surface area contributed by atoms with E-state index in [-0.39, 0.29) is 16.9 Å². The molecule has 1 rings (SSSR count). The predicted molar refractivity (Wildman–Crippen MR) is 62.3 cm³/mol. The fourth-order valence-electron chi connectivity index (χ4n) is 1.43. The molecule has 0 spiro atoms. The van der Waals surface area contributed by atoms with E-state index >= 15 is 0 Å². The molecule has 17 heavy (non-hydrogen) atoms. The second kappa shape index (κ2) is 5.25. The van der Waals surface area contributed by atoms with Gasteiger partial charge in [-0.05, 0) is 19.1 Å². The van der Waals surface area contributed by atoms with Crippen LogP contribution in [-0.2, 0) is 15.6 Å². The normalized spacial score (nSPS) is 13.1. The molecule has 0 saturated carbocycles. The standard InChI is InChI=1S/C11H13FN2O2S/c1-8(14)6-17(15,16)7-10-3-2-9(5-13)4-11(10)12/h2-4,8H,6-7,14H2,1H3. The Morgan fingerprint density at radius 3 is 2.65 bits per heavy atom. The first-order valence-corrected chi connectivity index (χ1v) is 6.81. The number of benzene rings is 1. The highest BCUT2D eigenvalue weighted by Crippen LogP contribution is 2.14. The van der Waals surface area contributed by atoms with E-state index in [0.717, 1.165) is 6.07 Å². The molecule has 1 unspecified atom stereocenters. The first-order chi connectivity index (χ1) is 7.84. The fourth-order valence-corrected chi connectivity index (χ4v) is 3.06. The fraction of sp³-hybridized carbons (Fsp3) is 0.364. The molecule has 1 aromatic carbocycles. The SMILES string of the molecule is CC(N)CS(=O)(=O)Cc1ccc(C#N)cc1F. The zero-order valence-corrected chi connectivity index (χ0v) is 10.2. The first kappa shape index (κ1) is 13.6. The molecule has 1 aromatic rings. The van der Waals surface area contributed by atoms with Crippen molar-refractivity contribution in [3.05, 3.63) is 35.1 Å². The zero-order valence-electron chi connectivity index (χ0n) is 9.35. The van der Waals surface area contributed by atoms with E-state index in [1.165, 1.54) is 12.1 Å². The van der Waals surface area contributed by atoms with Gasteiger partial charge in [-0.2, -0.15) is 5.26 Å². The lowest BCUT2D eigenvalue weighted by Gasteiger charge is -2.08. The Labute approximate surface area is 99.8 Å². The Morgan fingerprint density at radius 2 is 2.18 bits per heavy atom. The van der Waals surface area contributed by atoms with E-state index in [0.29, 0.717) is 0 Å². The van der Waals surface area contributed by atoms with Crippen LogP contribution in [0, 0.1) is 17.1 Å². The third-order valence-corrected chi connectivity index (χ3v) is 3.86. The first-order valence-electron chi connectivity index (χ1n) is 4.98. The summed E-state index contributed by atoms with van der Waals surface area (Å²) in [7, 11) is -3.42. The number of hydrogen-bond donors (Lipinski definition) is 1. The second-order valence-corrected chi connectivity index (χ2v) is 6.06. The summed E-state index contributed by atoms with van der Waals surface area (Å²) in [6.45, 7) is 1.58. The van der Waals surface area contributed by atoms with Gasteiger partial charge in [-0.15, -0.1) is 0 Å². The van der Waals surface area contributed by atoms with Crippen LogP contribution >= 0.6 is 0 Å². The van der Waals surface area contributed by atoms with Crippen LogP contribution < -0.4 is 5.73 Å². The molecule has 0 saturated heterocycles. The van der Waals surface area contributed by atoms with Crippen LogP contribution in [0.2, 0.25) is 0 Å². The maximum atomic E-state index is 13.5. The molecule has 0 aliphatic heterocycles. The van der Waals surface area contributed by atoms with E-state index < -0.39 is 27.4 Å². The van der Waals surface area contributed by atoms with Crippen molar-refractivity contribution < 1.29 is 12.8 Å². The summed E-state index contributed by atoms with van der Waals surface area (Å²) in [4.78, 5) is 0. The van der Waals surface area contributed by atoms with Gasteiger partial charge in [0.05, 0.1) is 23.1 Å². The molecular weight excluding hydrogens is 243 g/mol. The summed E-state index contributed by atoms with van der Waals surface area (Å²) in [6.07, 6.45) is 0. The lowest BCUT2D eigenvalue weighted by molar-refractivity contribution is 0.582. The maximum Gasteiger partial charge on any atom is 0.156 e. The minimum atomic E-state index is -3.42. The van der Waals surface area contributed by atoms with Crippen LogP contribution in [0.1, 0.15) is 18.1 Å². The van der Waals surface area contributed by atoms with E-state index in [2.05, 4.69) is 0 Å². The van der Waals surface area contributed by atoms with Gasteiger partial charge in [-0.1, -0.05) is 6.07 Å². The third-order valence-electron chi connectivity index (χ3n) is 2.07. The molecule has 0 amide bonds. The lowest BCUT2D eigenvalue weighted by Crippen LogP contribution is -2.27. The van der Waals surface area contributed by atoms with Crippen molar-refractivity contribution in [2.75, 3.05) is 5.75 Å². The topological polar surface area (TPSA) is 84.0 Å². The Balaban J connectivity index is 2.94. The molecule has 4 nitrogen and oxygen atoms in total. The van der Waals surface area contributed by atoms with Crippen molar-refractivity contribution in [1.29, 1.82) is 5.26 Å². The minimum absolute atomic E-state index is 0.0599. The number of hydrogen-bond acceptors (Lipinski definition) is 4. The number of nitriles is 1. The number of nitrogens with two attached hydrogens (primary N) is 1. The zero-order chi connectivity index (χ0) is 13.1. The summed E-state index contributed by atoms with van der Waals surface area (Å²) in [5.41, 5.74) is 5.62. The van der Waals surface area contributed by atoms with Crippen molar-refractivity contribution >= 4 is 9.84 Å². The maximum absolute atomic E-state index is 13.5. The molecule has 6 heteroatoms. The molecule has 1 atom stereocenters. The average molecular weight is 256 g/mol. The van der Waals surface area contributed by atoms with E-state index in [9.17, 15) is 12.8 Å². The highest BCUT2D eigenvalue weighted by atomic mass is 32.2. The predicted octanol–water partition coefficient (Wildman–Crippen LogP) is 0.959. The van der Waals surface area contributed by atoms with Gasteiger partial charge < -0.3 is 5.73 Å². The number of sulfone groups is 1. The van der Waals surface area contributed by atoms with Crippen molar-refractivity contribution in [1.82, 2.24) is 0 Å². The average Bonchev–Trinajstić information content (AvgIpc) is 2.18. The highest BCUT2D eigenvalue weighted by molar-refractivity contribution is 7.90. The minimum Gasteiger partial charge on any atom is -0.327 e. The Morgan fingerprint density at radius 1 is 1.53 bits per heavy atom. The molecule has 0 fully saturated rings. The van der Waals surface area contributed by atoms with Gasteiger partial charge in [-0.25, -0.2) is 12.8 Å². The van der Waals surface area contributed by atoms with Crippen molar-refractivity contribution in [2.24, 2.45) is 5.73 Å². The van der Waals surface area contributed by atoms with Gasteiger partial charge in [0.2, 0.25) is 0 Å². The number of rotatable bonds is 4. The molecule has 0 aliphatic rings. The van der Waals surface area contributed by atoms with Gasteiger partial charge in [0.1, 0.15) is 5.82 Å². The van der Waals surface area contributed by atoms with Gasteiger partial charge in [0, 0.05) is 11.6 Å². The van der Waals surface area contributed by atoms with Crippen LogP contribution in [0.5, 0.6) is 0 Å². The Kier molecular flexibility index (Phi) is 4.21. The molecule has 0 bridgehead atoms. The van der Waals surface area contributed by atoms with Crippen molar-refractivity contribution in [3.63, 3.8) is 0 Å². The van der Waals surface area contributed by atoms with Gasteiger partial charge in [-0.3, -0.25) is 0 Å². The van der Waals surface area contributed by atoms with Crippen LogP contribution in [0.4, 0.5) is 4.39 Å². The van der Waals surface area contributed by atoms with E-state index in [1.807, 2.05) is 0 Å². The summed E-state index contributed by atoms with van der Waals surface area (Å²) >= 11 is 0. The molecule has 0 aliphatic carbocycles. The summed E-state index contributed by atoms with van der Waals surface area (Å²) in [6, 6.07) is 5.02. The summed E-state index contributed by atoms with van der Waals surface area (Å²) < 4.78 is 36.7. The molecule has 0 aromatic heterocycles. The van der Waals surface area contributed by atoms with Gasteiger partial charge in [0.25, 0.3) is 0 Å². The van der Waals surface area contributed by atoms with E-state index in [1.54, 1.807) is 13.0 Å². The smallest absolute Gasteiger partial charge is 0.156 e. The van der Waals surface area contributed by atoms with Crippen LogP contribution in [0.15, 0.2) is 18.2 Å². The van der Waals surface area contributed by atoms with E-state index in [4.69, 9.17) is 11.0 Å². The monoisotopic (exact) mass is 256 g/mol. The second-order valence-electron chi connectivity index (χ2n) is 3.95. The lowest BCUT2D eigenvalue weighted by atomic mass is 10.1.